The van der Waals surface area contributed by atoms with Gasteiger partial charge in [0.15, 0.2) is 0 Å². The Morgan fingerprint density at radius 1 is 1.12 bits per heavy atom. The number of nitrogens with zero attached hydrogens (tertiary/aromatic N) is 3. The molecule has 0 unspecified atom stereocenters. The molecule has 2 aromatic rings. The van der Waals surface area contributed by atoms with Crippen LogP contribution >= 0.6 is 0 Å². The molecule has 0 atom stereocenters. The van der Waals surface area contributed by atoms with Crippen molar-refractivity contribution in [2.45, 2.75) is 44.6 Å². The number of anilines is 1. The molecule has 1 aliphatic carbocycles. The zero-order chi connectivity index (χ0) is 17.2. The third-order valence-corrected chi connectivity index (χ3v) is 5.44. The number of amides is 1. The van der Waals surface area contributed by atoms with E-state index in [0.29, 0.717) is 6.04 Å². The Balaban J connectivity index is 1.43. The Kier molecular flexibility index (Phi) is 4.51. The highest BCUT2D eigenvalue weighted by Gasteiger charge is 2.28. The molecule has 0 spiro atoms. The molecule has 5 nitrogen and oxygen atoms in total. The summed E-state index contributed by atoms with van der Waals surface area (Å²) < 4.78 is 13.6. The lowest BCUT2D eigenvalue weighted by molar-refractivity contribution is -0.126. The van der Waals surface area contributed by atoms with Gasteiger partial charge in [-0.3, -0.25) is 4.79 Å². The average molecular weight is 342 g/mol. The van der Waals surface area contributed by atoms with Crippen LogP contribution in [-0.4, -0.2) is 35.0 Å². The Hall–Kier alpha value is -2.24. The number of hydrogen-bond acceptors (Lipinski definition) is 4. The molecule has 2 fully saturated rings. The quantitative estimate of drug-likeness (QED) is 0.931. The fourth-order valence-electron chi connectivity index (χ4n) is 4.01. The maximum absolute atomic E-state index is 13.6. The van der Waals surface area contributed by atoms with Gasteiger partial charge in [0, 0.05) is 30.4 Å². The van der Waals surface area contributed by atoms with Crippen molar-refractivity contribution in [3.05, 3.63) is 30.3 Å². The van der Waals surface area contributed by atoms with E-state index in [4.69, 9.17) is 0 Å². The number of nitrogens with one attached hydrogen (secondary N) is 1. The van der Waals surface area contributed by atoms with Gasteiger partial charge in [0.2, 0.25) is 5.91 Å². The van der Waals surface area contributed by atoms with Crippen LogP contribution < -0.4 is 10.2 Å². The largest absolute Gasteiger partial charge is 0.356 e. The first-order valence-electron chi connectivity index (χ1n) is 9.16. The van der Waals surface area contributed by atoms with Gasteiger partial charge in [-0.1, -0.05) is 12.8 Å². The van der Waals surface area contributed by atoms with Crippen molar-refractivity contribution < 1.29 is 9.18 Å². The summed E-state index contributed by atoms with van der Waals surface area (Å²) in [6.07, 6.45) is 7.81. The van der Waals surface area contributed by atoms with Crippen LogP contribution in [0.1, 0.15) is 38.5 Å². The van der Waals surface area contributed by atoms with Gasteiger partial charge in [-0.2, -0.15) is 0 Å². The number of hydrogen-bond donors (Lipinski definition) is 1. The number of aromatic nitrogens is 2. The Labute approximate surface area is 146 Å². The topological polar surface area (TPSA) is 58.1 Å². The summed E-state index contributed by atoms with van der Waals surface area (Å²) in [5.41, 5.74) is 0.743. The molecule has 1 saturated carbocycles. The van der Waals surface area contributed by atoms with E-state index >= 15 is 0 Å². The molecule has 132 valence electrons. The van der Waals surface area contributed by atoms with Gasteiger partial charge in [0.25, 0.3) is 0 Å². The van der Waals surface area contributed by atoms with E-state index < -0.39 is 0 Å². The summed E-state index contributed by atoms with van der Waals surface area (Å²) in [5, 5.41) is 3.94. The second-order valence-electron chi connectivity index (χ2n) is 7.11. The van der Waals surface area contributed by atoms with Crippen LogP contribution in [0.2, 0.25) is 0 Å². The monoisotopic (exact) mass is 342 g/mol. The molecule has 1 aromatic heterocycles. The van der Waals surface area contributed by atoms with E-state index in [1.165, 1.54) is 31.3 Å². The summed E-state index contributed by atoms with van der Waals surface area (Å²) in [4.78, 5) is 23.2. The summed E-state index contributed by atoms with van der Waals surface area (Å²) >= 11 is 0. The summed E-state index contributed by atoms with van der Waals surface area (Å²) in [6.45, 7) is 1.51. The average Bonchev–Trinajstić information content (AvgIpc) is 3.14. The van der Waals surface area contributed by atoms with Gasteiger partial charge in [0.05, 0.1) is 5.52 Å². The van der Waals surface area contributed by atoms with E-state index in [9.17, 15) is 9.18 Å². The molecule has 1 aromatic carbocycles. The van der Waals surface area contributed by atoms with Gasteiger partial charge in [-0.15, -0.1) is 0 Å². The minimum atomic E-state index is -0.283. The SMILES string of the molecule is O=C(NC1CCCC1)C1CCN(c2ncnc3ccc(F)cc23)CC1. The first kappa shape index (κ1) is 16.2. The number of rotatable bonds is 3. The molecule has 4 rings (SSSR count). The first-order valence-corrected chi connectivity index (χ1v) is 9.16. The lowest BCUT2D eigenvalue weighted by atomic mass is 9.95. The van der Waals surface area contributed by atoms with Gasteiger partial charge >= 0.3 is 0 Å². The van der Waals surface area contributed by atoms with Crippen molar-refractivity contribution in [1.29, 1.82) is 0 Å². The van der Waals surface area contributed by atoms with Crippen LogP contribution in [0.25, 0.3) is 10.9 Å². The molecule has 0 radical (unpaired) electrons. The number of halogens is 1. The molecule has 1 aliphatic heterocycles. The molecule has 25 heavy (non-hydrogen) atoms. The number of carbonyl (C=O) groups is 1. The van der Waals surface area contributed by atoms with Crippen LogP contribution in [0.3, 0.4) is 0 Å². The molecular weight excluding hydrogens is 319 g/mol. The fourth-order valence-corrected chi connectivity index (χ4v) is 4.01. The van der Waals surface area contributed by atoms with E-state index in [0.717, 1.165) is 55.5 Å². The Bertz CT molecular complexity index is 767. The lowest BCUT2D eigenvalue weighted by Crippen LogP contribution is -2.43. The lowest BCUT2D eigenvalue weighted by Gasteiger charge is -2.33. The highest BCUT2D eigenvalue weighted by molar-refractivity contribution is 5.89. The normalized spacial score (nSPS) is 19.5. The smallest absolute Gasteiger partial charge is 0.223 e. The van der Waals surface area contributed by atoms with Crippen LogP contribution in [0.5, 0.6) is 0 Å². The van der Waals surface area contributed by atoms with E-state index in [-0.39, 0.29) is 17.6 Å². The second kappa shape index (κ2) is 6.94. The standard InChI is InChI=1S/C19H23FN4O/c20-14-5-6-17-16(11-14)18(22-12-21-17)24-9-7-13(8-10-24)19(25)23-15-3-1-2-4-15/h5-6,11-13,15H,1-4,7-10H2,(H,23,25). The minimum absolute atomic E-state index is 0.0710. The molecular formula is C19H23FN4O. The molecule has 0 bridgehead atoms. The highest BCUT2D eigenvalue weighted by atomic mass is 19.1. The number of carbonyl (C=O) groups excluding carboxylic acids is 1. The third-order valence-electron chi connectivity index (χ3n) is 5.44. The molecule has 1 amide bonds. The van der Waals surface area contributed by atoms with Crippen molar-refractivity contribution in [1.82, 2.24) is 15.3 Å². The van der Waals surface area contributed by atoms with Gasteiger partial charge in [-0.25, -0.2) is 14.4 Å². The van der Waals surface area contributed by atoms with Crippen molar-refractivity contribution in [3.8, 4) is 0 Å². The maximum atomic E-state index is 13.6. The second-order valence-corrected chi connectivity index (χ2v) is 7.11. The Morgan fingerprint density at radius 3 is 2.64 bits per heavy atom. The van der Waals surface area contributed by atoms with E-state index in [1.807, 2.05) is 0 Å². The van der Waals surface area contributed by atoms with Gasteiger partial charge in [-0.05, 0) is 43.9 Å². The van der Waals surface area contributed by atoms with Crippen LogP contribution in [-0.2, 0) is 4.79 Å². The number of piperidine rings is 1. The first-order chi connectivity index (χ1) is 12.2. The van der Waals surface area contributed by atoms with Crippen molar-refractivity contribution in [3.63, 3.8) is 0 Å². The van der Waals surface area contributed by atoms with E-state index in [1.54, 1.807) is 6.07 Å². The van der Waals surface area contributed by atoms with Crippen molar-refractivity contribution >= 4 is 22.6 Å². The highest BCUT2D eigenvalue weighted by Crippen LogP contribution is 2.28. The van der Waals surface area contributed by atoms with E-state index in [2.05, 4.69) is 20.2 Å². The van der Waals surface area contributed by atoms with Crippen molar-refractivity contribution in [2.75, 3.05) is 18.0 Å². The zero-order valence-corrected chi connectivity index (χ0v) is 14.2. The van der Waals surface area contributed by atoms with Gasteiger partial charge in [0.1, 0.15) is 18.0 Å². The summed E-state index contributed by atoms with van der Waals surface area (Å²) in [6, 6.07) is 4.96. The molecule has 1 N–H and O–H groups in total. The fraction of sp³-hybridized carbons (Fsp3) is 0.526. The van der Waals surface area contributed by atoms with Crippen LogP contribution in [0.4, 0.5) is 10.2 Å². The van der Waals surface area contributed by atoms with Gasteiger partial charge < -0.3 is 10.2 Å². The molecule has 2 aliphatic rings. The summed E-state index contributed by atoms with van der Waals surface area (Å²) in [5.74, 6) is 0.750. The predicted octanol–water partition coefficient (Wildman–Crippen LogP) is 3.04. The maximum Gasteiger partial charge on any atom is 0.223 e. The predicted molar refractivity (Wildman–Crippen MR) is 94.8 cm³/mol. The molecule has 2 heterocycles. The molecule has 1 saturated heterocycles. The number of benzene rings is 1. The number of fused-ring (bicyclic) bond motifs is 1. The third kappa shape index (κ3) is 3.43. The van der Waals surface area contributed by atoms with Crippen LogP contribution in [0.15, 0.2) is 24.5 Å². The minimum Gasteiger partial charge on any atom is -0.356 e. The zero-order valence-electron chi connectivity index (χ0n) is 14.2. The van der Waals surface area contributed by atoms with Crippen LogP contribution in [0, 0.1) is 11.7 Å². The Morgan fingerprint density at radius 2 is 1.88 bits per heavy atom. The summed E-state index contributed by atoms with van der Waals surface area (Å²) in [7, 11) is 0. The van der Waals surface area contributed by atoms with Crippen molar-refractivity contribution in [2.24, 2.45) is 5.92 Å². The molecule has 6 heteroatoms.